The molecule has 2 fully saturated rings. The van der Waals surface area contributed by atoms with Crippen molar-refractivity contribution in [2.75, 3.05) is 13.1 Å². The fourth-order valence-corrected chi connectivity index (χ4v) is 4.64. The molecule has 0 aromatic heterocycles. The van der Waals surface area contributed by atoms with Crippen LogP contribution in [0.15, 0.2) is 36.4 Å². The number of Topliss-reactive ketones (excluding diaryl/α,β-unsaturated/α-hetero) is 1. The van der Waals surface area contributed by atoms with E-state index in [9.17, 15) is 4.79 Å². The predicted octanol–water partition coefficient (Wildman–Crippen LogP) is 4.99. The van der Waals surface area contributed by atoms with E-state index in [0.717, 1.165) is 24.6 Å². The number of ketones is 1. The van der Waals surface area contributed by atoms with Gasteiger partial charge in [-0.3, -0.25) is 9.69 Å². The first-order valence-electron chi connectivity index (χ1n) is 9.50. The van der Waals surface area contributed by atoms with Crippen LogP contribution in [0.4, 0.5) is 0 Å². The lowest BCUT2D eigenvalue weighted by Crippen LogP contribution is -2.43. The molecular formula is C22H27NO. The Morgan fingerprint density at radius 1 is 1.04 bits per heavy atom. The second kappa shape index (κ2) is 6.68. The summed E-state index contributed by atoms with van der Waals surface area (Å²) in [4.78, 5) is 15.7. The van der Waals surface area contributed by atoms with E-state index in [1.807, 2.05) is 6.07 Å². The van der Waals surface area contributed by atoms with Crippen LogP contribution >= 0.6 is 0 Å². The van der Waals surface area contributed by atoms with E-state index in [1.54, 1.807) is 0 Å². The van der Waals surface area contributed by atoms with E-state index in [2.05, 4.69) is 42.2 Å². The van der Waals surface area contributed by atoms with Gasteiger partial charge in [0.2, 0.25) is 0 Å². The molecule has 2 nitrogen and oxygen atoms in total. The summed E-state index contributed by atoms with van der Waals surface area (Å²) in [5, 5.41) is 2.44. The minimum atomic E-state index is 0.181. The molecule has 0 amide bonds. The molecule has 0 N–H and O–H groups in total. The lowest BCUT2D eigenvalue weighted by atomic mass is 9.88. The van der Waals surface area contributed by atoms with Gasteiger partial charge in [-0.05, 0) is 61.6 Å². The topological polar surface area (TPSA) is 20.3 Å². The number of fused-ring (bicyclic) bond motifs is 1. The van der Waals surface area contributed by atoms with Gasteiger partial charge in [0.25, 0.3) is 0 Å². The number of carbonyl (C=O) groups excluding carboxylic acids is 1. The van der Waals surface area contributed by atoms with E-state index >= 15 is 0 Å². The molecular weight excluding hydrogens is 294 g/mol. The molecule has 1 saturated heterocycles. The molecule has 4 rings (SSSR count). The third-order valence-electron chi connectivity index (χ3n) is 6.05. The number of hydrogen-bond donors (Lipinski definition) is 0. The lowest BCUT2D eigenvalue weighted by Gasteiger charge is -2.36. The van der Waals surface area contributed by atoms with Crippen LogP contribution in [0.1, 0.15) is 54.4 Å². The molecule has 0 spiro atoms. The van der Waals surface area contributed by atoms with Gasteiger partial charge in [0.05, 0.1) is 0 Å². The van der Waals surface area contributed by atoms with Gasteiger partial charge in [0, 0.05) is 24.1 Å². The van der Waals surface area contributed by atoms with Crippen LogP contribution in [-0.2, 0) is 0 Å². The Balaban J connectivity index is 1.55. The van der Waals surface area contributed by atoms with Crippen LogP contribution in [0.3, 0.4) is 0 Å². The second-order valence-corrected chi connectivity index (χ2v) is 7.65. The highest BCUT2D eigenvalue weighted by atomic mass is 16.1. The molecule has 126 valence electrons. The largest absolute Gasteiger partial charge is 0.300 e. The van der Waals surface area contributed by atoms with Crippen molar-refractivity contribution in [2.24, 2.45) is 5.92 Å². The third-order valence-corrected chi connectivity index (χ3v) is 6.05. The maximum Gasteiger partial charge on any atom is 0.167 e. The molecule has 2 aromatic rings. The first-order valence-corrected chi connectivity index (χ1v) is 9.50. The summed E-state index contributed by atoms with van der Waals surface area (Å²) in [7, 11) is 0. The normalized spacial score (nSPS) is 23.0. The number of rotatable bonds is 3. The fraction of sp³-hybridized carbons (Fsp3) is 0.500. The quantitative estimate of drug-likeness (QED) is 0.743. The Morgan fingerprint density at radius 2 is 1.88 bits per heavy atom. The van der Waals surface area contributed by atoms with E-state index in [1.165, 1.54) is 55.0 Å². The maximum atomic E-state index is 13.1. The molecule has 1 atom stereocenters. The van der Waals surface area contributed by atoms with Crippen molar-refractivity contribution in [2.45, 2.75) is 51.5 Å². The van der Waals surface area contributed by atoms with E-state index < -0.39 is 0 Å². The van der Waals surface area contributed by atoms with Gasteiger partial charge in [-0.1, -0.05) is 43.2 Å². The summed E-state index contributed by atoms with van der Waals surface area (Å²) in [6, 6.07) is 13.3. The van der Waals surface area contributed by atoms with Crippen LogP contribution in [0, 0.1) is 12.8 Å². The van der Waals surface area contributed by atoms with Crippen LogP contribution in [-0.4, -0.2) is 29.8 Å². The Kier molecular flexibility index (Phi) is 4.41. The van der Waals surface area contributed by atoms with Crippen molar-refractivity contribution in [1.29, 1.82) is 0 Å². The first kappa shape index (κ1) is 15.8. The molecule has 1 aliphatic heterocycles. The molecule has 0 unspecified atom stereocenters. The van der Waals surface area contributed by atoms with E-state index in [0.29, 0.717) is 5.78 Å². The summed E-state index contributed by atoms with van der Waals surface area (Å²) < 4.78 is 0. The van der Waals surface area contributed by atoms with Gasteiger partial charge in [0.1, 0.15) is 0 Å². The summed E-state index contributed by atoms with van der Waals surface area (Å²) in [5.41, 5.74) is 2.15. The minimum Gasteiger partial charge on any atom is -0.300 e. The van der Waals surface area contributed by atoms with Gasteiger partial charge < -0.3 is 0 Å². The van der Waals surface area contributed by atoms with E-state index in [4.69, 9.17) is 0 Å². The highest BCUT2D eigenvalue weighted by molar-refractivity contribution is 6.02. The average Bonchev–Trinajstić information content (AvgIpc) is 3.16. The third kappa shape index (κ3) is 3.00. The molecule has 2 aromatic carbocycles. The van der Waals surface area contributed by atoms with Crippen molar-refractivity contribution < 1.29 is 4.79 Å². The number of likely N-dealkylation sites (tertiary alicyclic amines) is 1. The molecule has 24 heavy (non-hydrogen) atoms. The lowest BCUT2D eigenvalue weighted by molar-refractivity contribution is 0.0757. The Labute approximate surface area is 144 Å². The average molecular weight is 321 g/mol. The molecule has 1 saturated carbocycles. The van der Waals surface area contributed by atoms with Crippen LogP contribution in [0.2, 0.25) is 0 Å². The molecule has 2 heteroatoms. The van der Waals surface area contributed by atoms with Crippen LogP contribution in [0.5, 0.6) is 0 Å². The van der Waals surface area contributed by atoms with Crippen LogP contribution < -0.4 is 0 Å². The number of carbonyl (C=O) groups is 1. The van der Waals surface area contributed by atoms with Gasteiger partial charge in [-0.25, -0.2) is 0 Å². The van der Waals surface area contributed by atoms with Crippen LogP contribution in [0.25, 0.3) is 10.8 Å². The monoisotopic (exact) mass is 321 g/mol. The number of hydrogen-bond acceptors (Lipinski definition) is 2. The second-order valence-electron chi connectivity index (χ2n) is 7.65. The molecule has 0 bridgehead atoms. The summed E-state index contributed by atoms with van der Waals surface area (Å²) in [5.74, 6) is 0.531. The highest BCUT2D eigenvalue weighted by Gasteiger charge is 2.31. The zero-order valence-corrected chi connectivity index (χ0v) is 14.6. The van der Waals surface area contributed by atoms with Crippen molar-refractivity contribution >= 4 is 16.6 Å². The summed E-state index contributed by atoms with van der Waals surface area (Å²) in [6.45, 7) is 4.28. The molecule has 0 radical (unpaired) electrons. The SMILES string of the molecule is Cc1cccc2ccc(C(=O)[C@H]3CCCN(C4CCCC4)C3)cc12. The number of aryl methyl sites for hydroxylation is 1. The Morgan fingerprint density at radius 3 is 2.71 bits per heavy atom. The number of benzene rings is 2. The molecule has 2 aliphatic rings. The van der Waals surface area contributed by atoms with Crippen molar-refractivity contribution in [3.8, 4) is 0 Å². The maximum absolute atomic E-state index is 13.1. The summed E-state index contributed by atoms with van der Waals surface area (Å²) in [6.07, 6.45) is 7.60. The highest BCUT2D eigenvalue weighted by Crippen LogP contribution is 2.30. The molecule has 1 aliphatic carbocycles. The van der Waals surface area contributed by atoms with Gasteiger partial charge in [-0.2, -0.15) is 0 Å². The first-order chi connectivity index (χ1) is 11.7. The number of nitrogens with zero attached hydrogens (tertiary/aromatic N) is 1. The summed E-state index contributed by atoms with van der Waals surface area (Å²) >= 11 is 0. The number of piperidine rings is 1. The Hall–Kier alpha value is -1.67. The minimum absolute atomic E-state index is 0.181. The van der Waals surface area contributed by atoms with Gasteiger partial charge in [0.15, 0.2) is 5.78 Å². The van der Waals surface area contributed by atoms with Gasteiger partial charge in [-0.15, -0.1) is 0 Å². The van der Waals surface area contributed by atoms with Crippen molar-refractivity contribution in [1.82, 2.24) is 4.90 Å². The van der Waals surface area contributed by atoms with Gasteiger partial charge >= 0.3 is 0 Å². The van der Waals surface area contributed by atoms with Crippen molar-refractivity contribution in [3.05, 3.63) is 47.5 Å². The zero-order valence-electron chi connectivity index (χ0n) is 14.6. The Bertz CT molecular complexity index is 745. The molecule has 1 heterocycles. The standard InChI is InChI=1S/C22H27NO/c1-16-6-4-7-17-11-12-18(14-21(16)17)22(24)19-8-5-13-23(15-19)20-9-2-3-10-20/h4,6-7,11-12,14,19-20H,2-3,5,8-10,13,15H2,1H3/t19-/m0/s1. The predicted molar refractivity (Wildman–Crippen MR) is 99.6 cm³/mol. The van der Waals surface area contributed by atoms with E-state index in [-0.39, 0.29) is 5.92 Å². The smallest absolute Gasteiger partial charge is 0.167 e. The zero-order chi connectivity index (χ0) is 16.5. The van der Waals surface area contributed by atoms with Crippen molar-refractivity contribution in [3.63, 3.8) is 0 Å². The fourth-order valence-electron chi connectivity index (χ4n) is 4.64.